The number of aliphatic hydroxyl groups is 1. The van der Waals surface area contributed by atoms with Gasteiger partial charge in [-0.1, -0.05) is 51.9 Å². The van der Waals surface area contributed by atoms with E-state index >= 15 is 0 Å². The molecule has 0 rings (SSSR count). The minimum Gasteiger partial charge on any atom is -0.394 e. The van der Waals surface area contributed by atoms with Gasteiger partial charge in [0, 0.05) is 6.61 Å². The molecule has 1 atom stereocenters. The van der Waals surface area contributed by atoms with Gasteiger partial charge in [0.1, 0.15) is 0 Å². The highest BCUT2D eigenvalue weighted by molar-refractivity contribution is 4.56. The van der Waals surface area contributed by atoms with E-state index in [0.29, 0.717) is 6.61 Å². The molecule has 0 aliphatic heterocycles. The van der Waals surface area contributed by atoms with Gasteiger partial charge in [0.05, 0.1) is 12.7 Å². The number of unbranched alkanes of at least 4 members (excludes halogenated alkanes) is 6. The van der Waals surface area contributed by atoms with E-state index in [4.69, 9.17) is 9.84 Å². The summed E-state index contributed by atoms with van der Waals surface area (Å²) in [6, 6.07) is 0. The van der Waals surface area contributed by atoms with Gasteiger partial charge in [0.2, 0.25) is 0 Å². The largest absolute Gasteiger partial charge is 0.394 e. The Labute approximate surface area is 95.0 Å². The van der Waals surface area contributed by atoms with Crippen molar-refractivity contribution in [1.82, 2.24) is 0 Å². The van der Waals surface area contributed by atoms with Crippen LogP contribution in [0.2, 0.25) is 0 Å². The van der Waals surface area contributed by atoms with Crippen molar-refractivity contribution >= 4 is 0 Å². The monoisotopic (exact) mass is 216 g/mol. The molecule has 92 valence electrons. The van der Waals surface area contributed by atoms with Crippen molar-refractivity contribution < 1.29 is 9.84 Å². The minimum atomic E-state index is 0.0747. The molecule has 0 saturated heterocycles. The zero-order chi connectivity index (χ0) is 11.4. The Bertz CT molecular complexity index is 115. The first-order valence-electron chi connectivity index (χ1n) is 6.57. The predicted octanol–water partition coefficient (Wildman–Crippen LogP) is 3.52. The van der Waals surface area contributed by atoms with Gasteiger partial charge in [-0.05, 0) is 13.3 Å². The molecule has 2 heteroatoms. The van der Waals surface area contributed by atoms with Crippen LogP contribution in [0.25, 0.3) is 0 Å². The zero-order valence-electron chi connectivity index (χ0n) is 10.5. The first-order valence-corrected chi connectivity index (χ1v) is 6.57. The van der Waals surface area contributed by atoms with Crippen LogP contribution >= 0.6 is 0 Å². The number of aliphatic hydroxyl groups excluding tert-OH is 1. The van der Waals surface area contributed by atoms with Gasteiger partial charge >= 0.3 is 0 Å². The molecule has 2 nitrogen and oxygen atoms in total. The summed E-state index contributed by atoms with van der Waals surface area (Å²) in [7, 11) is 0. The lowest BCUT2D eigenvalue weighted by molar-refractivity contribution is 0.0136. The van der Waals surface area contributed by atoms with Crippen LogP contribution in [0.15, 0.2) is 0 Å². The van der Waals surface area contributed by atoms with Gasteiger partial charge in [-0.2, -0.15) is 0 Å². The fraction of sp³-hybridized carbons (Fsp3) is 1.00. The smallest absolute Gasteiger partial charge is 0.0805 e. The van der Waals surface area contributed by atoms with E-state index < -0.39 is 0 Å². The Morgan fingerprint density at radius 1 is 0.933 bits per heavy atom. The highest BCUT2D eigenvalue weighted by Gasteiger charge is 2.05. The third kappa shape index (κ3) is 10.2. The SMILES string of the molecule is CCCCCCCCCC(CO)OCC. The average molecular weight is 216 g/mol. The molecule has 0 amide bonds. The molecule has 0 spiro atoms. The van der Waals surface area contributed by atoms with Crippen molar-refractivity contribution in [1.29, 1.82) is 0 Å². The number of hydrogen-bond donors (Lipinski definition) is 1. The van der Waals surface area contributed by atoms with E-state index in [-0.39, 0.29) is 12.7 Å². The maximum absolute atomic E-state index is 9.00. The molecule has 1 N–H and O–H groups in total. The molecule has 15 heavy (non-hydrogen) atoms. The Hall–Kier alpha value is -0.0800. The van der Waals surface area contributed by atoms with Crippen LogP contribution in [-0.2, 0) is 4.74 Å². The van der Waals surface area contributed by atoms with Crippen LogP contribution in [0.3, 0.4) is 0 Å². The molecule has 0 aromatic heterocycles. The molecule has 1 unspecified atom stereocenters. The van der Waals surface area contributed by atoms with Crippen LogP contribution in [0.4, 0.5) is 0 Å². The molecule has 0 heterocycles. The molecule has 0 aromatic carbocycles. The summed E-state index contributed by atoms with van der Waals surface area (Å²) < 4.78 is 5.39. The molecule has 0 saturated carbocycles. The Morgan fingerprint density at radius 3 is 2.07 bits per heavy atom. The number of hydrogen-bond acceptors (Lipinski definition) is 2. The van der Waals surface area contributed by atoms with E-state index in [1.165, 1.54) is 44.9 Å². The Balaban J connectivity index is 3.14. The second-order valence-corrected chi connectivity index (χ2v) is 4.17. The molecule has 0 radical (unpaired) electrons. The first kappa shape index (κ1) is 14.9. The molecular formula is C13H28O2. The van der Waals surface area contributed by atoms with Gasteiger partial charge in [-0.3, -0.25) is 0 Å². The molecule has 0 aliphatic carbocycles. The maximum Gasteiger partial charge on any atom is 0.0805 e. The van der Waals surface area contributed by atoms with E-state index in [1.807, 2.05) is 6.92 Å². The van der Waals surface area contributed by atoms with Crippen LogP contribution < -0.4 is 0 Å². The highest BCUT2D eigenvalue weighted by Crippen LogP contribution is 2.10. The lowest BCUT2D eigenvalue weighted by atomic mass is 10.1. The fourth-order valence-electron chi connectivity index (χ4n) is 1.79. The normalized spacial score (nSPS) is 13.0. The van der Waals surface area contributed by atoms with Gasteiger partial charge < -0.3 is 9.84 Å². The summed E-state index contributed by atoms with van der Waals surface area (Å²) in [5, 5.41) is 9.00. The molecule has 0 bridgehead atoms. The fourth-order valence-corrected chi connectivity index (χ4v) is 1.79. The van der Waals surface area contributed by atoms with Crippen molar-refractivity contribution in [2.45, 2.75) is 71.3 Å². The van der Waals surface area contributed by atoms with Crippen molar-refractivity contribution in [2.24, 2.45) is 0 Å². The van der Waals surface area contributed by atoms with E-state index in [9.17, 15) is 0 Å². The highest BCUT2D eigenvalue weighted by atomic mass is 16.5. The van der Waals surface area contributed by atoms with Gasteiger partial charge in [0.25, 0.3) is 0 Å². The lowest BCUT2D eigenvalue weighted by Crippen LogP contribution is -2.17. The second kappa shape index (κ2) is 12.0. The summed E-state index contributed by atoms with van der Waals surface area (Å²) in [5.41, 5.74) is 0. The lowest BCUT2D eigenvalue weighted by Gasteiger charge is -2.13. The Morgan fingerprint density at radius 2 is 1.53 bits per heavy atom. The summed E-state index contributed by atoms with van der Waals surface area (Å²) in [5.74, 6) is 0. The summed E-state index contributed by atoms with van der Waals surface area (Å²) in [4.78, 5) is 0. The Kier molecular flexibility index (Phi) is 11.9. The van der Waals surface area contributed by atoms with Crippen molar-refractivity contribution in [3.63, 3.8) is 0 Å². The van der Waals surface area contributed by atoms with E-state index in [2.05, 4.69) is 6.92 Å². The predicted molar refractivity (Wildman–Crippen MR) is 65.1 cm³/mol. The van der Waals surface area contributed by atoms with Crippen LogP contribution in [-0.4, -0.2) is 24.4 Å². The van der Waals surface area contributed by atoms with Crippen molar-refractivity contribution in [2.75, 3.05) is 13.2 Å². The topological polar surface area (TPSA) is 29.5 Å². The quantitative estimate of drug-likeness (QED) is 0.535. The molecule has 0 aliphatic rings. The van der Waals surface area contributed by atoms with E-state index in [0.717, 1.165) is 6.42 Å². The van der Waals surface area contributed by atoms with Gasteiger partial charge in [-0.15, -0.1) is 0 Å². The summed E-state index contributed by atoms with van der Waals surface area (Å²) in [6.45, 7) is 5.10. The average Bonchev–Trinajstić information content (AvgIpc) is 2.26. The van der Waals surface area contributed by atoms with Crippen molar-refractivity contribution in [3.05, 3.63) is 0 Å². The first-order chi connectivity index (χ1) is 7.35. The maximum atomic E-state index is 9.00. The van der Waals surface area contributed by atoms with Gasteiger partial charge in [0.15, 0.2) is 0 Å². The molecular weight excluding hydrogens is 188 g/mol. The third-order valence-corrected chi connectivity index (χ3v) is 2.74. The van der Waals surface area contributed by atoms with Crippen LogP contribution in [0.1, 0.15) is 65.2 Å². The number of rotatable bonds is 11. The summed E-state index contributed by atoms with van der Waals surface area (Å²) in [6.07, 6.45) is 10.3. The number of ether oxygens (including phenoxy) is 1. The van der Waals surface area contributed by atoms with Crippen LogP contribution in [0.5, 0.6) is 0 Å². The molecule has 0 aromatic rings. The zero-order valence-corrected chi connectivity index (χ0v) is 10.5. The van der Waals surface area contributed by atoms with Crippen molar-refractivity contribution in [3.8, 4) is 0 Å². The molecule has 0 fully saturated rings. The minimum absolute atomic E-state index is 0.0747. The van der Waals surface area contributed by atoms with Crippen LogP contribution in [0, 0.1) is 0 Å². The standard InChI is InChI=1S/C13H28O2/c1-3-5-6-7-8-9-10-11-13(12-14)15-4-2/h13-14H,3-12H2,1-2H3. The second-order valence-electron chi connectivity index (χ2n) is 4.17. The van der Waals surface area contributed by atoms with Gasteiger partial charge in [-0.25, -0.2) is 0 Å². The van der Waals surface area contributed by atoms with E-state index in [1.54, 1.807) is 0 Å². The summed E-state index contributed by atoms with van der Waals surface area (Å²) >= 11 is 0. The third-order valence-electron chi connectivity index (χ3n) is 2.74.